The third kappa shape index (κ3) is 1.85. The van der Waals surface area contributed by atoms with E-state index in [0.717, 1.165) is 4.52 Å². The standard InChI is InChI=1S/C9H12N6O4/c10-7-12-8-14(3-11-15(8)9(18)13-7)6-1-4(17)5(2-16)19-6/h3-6,16-17H,1-2H2,(H2,10,13,18)/t4?,5-,6-/m1/s1. The van der Waals surface area contributed by atoms with Gasteiger partial charge in [-0.05, 0) is 0 Å². The van der Waals surface area contributed by atoms with Gasteiger partial charge in [0.05, 0.1) is 12.7 Å². The molecule has 0 aromatic carbocycles. The van der Waals surface area contributed by atoms with Gasteiger partial charge in [-0.3, -0.25) is 4.57 Å². The van der Waals surface area contributed by atoms with E-state index in [0.29, 0.717) is 0 Å². The number of hydrogen-bond acceptors (Lipinski definition) is 8. The maximum Gasteiger partial charge on any atom is 0.374 e. The van der Waals surface area contributed by atoms with E-state index in [1.54, 1.807) is 0 Å². The Labute approximate surface area is 106 Å². The van der Waals surface area contributed by atoms with E-state index in [9.17, 15) is 9.90 Å². The summed E-state index contributed by atoms with van der Waals surface area (Å²) in [5.41, 5.74) is 4.79. The molecule has 2 aromatic rings. The lowest BCUT2D eigenvalue weighted by molar-refractivity contribution is -0.0433. The summed E-state index contributed by atoms with van der Waals surface area (Å²) in [6.45, 7) is -0.290. The van der Waals surface area contributed by atoms with Crippen LogP contribution in [0.2, 0.25) is 0 Å². The number of aromatic nitrogens is 5. The molecule has 3 rings (SSSR count). The van der Waals surface area contributed by atoms with Crippen LogP contribution in [0.1, 0.15) is 12.6 Å². The van der Waals surface area contributed by atoms with E-state index in [4.69, 9.17) is 15.6 Å². The second kappa shape index (κ2) is 4.26. The lowest BCUT2D eigenvalue weighted by Gasteiger charge is -2.12. The molecule has 0 amide bonds. The first-order valence-electron chi connectivity index (χ1n) is 5.64. The van der Waals surface area contributed by atoms with Gasteiger partial charge in [0, 0.05) is 6.42 Å². The highest BCUT2D eigenvalue weighted by Gasteiger charge is 2.35. The second-order valence-corrected chi connectivity index (χ2v) is 4.23. The zero-order valence-electron chi connectivity index (χ0n) is 9.75. The Balaban J connectivity index is 2.05. The van der Waals surface area contributed by atoms with E-state index in [1.165, 1.54) is 10.9 Å². The normalized spacial score (nSPS) is 27.2. The van der Waals surface area contributed by atoms with Crippen LogP contribution in [0.4, 0.5) is 5.95 Å². The lowest BCUT2D eigenvalue weighted by atomic mass is 10.2. The molecule has 10 heteroatoms. The minimum Gasteiger partial charge on any atom is -0.394 e. The highest BCUT2D eigenvalue weighted by Crippen LogP contribution is 2.29. The number of nitrogens with zero attached hydrogens (tertiary/aromatic N) is 5. The first-order chi connectivity index (χ1) is 9.10. The molecular formula is C9H12N6O4. The Hall–Kier alpha value is -2.04. The largest absolute Gasteiger partial charge is 0.394 e. The van der Waals surface area contributed by atoms with Crippen LogP contribution in [0.3, 0.4) is 0 Å². The highest BCUT2D eigenvalue weighted by atomic mass is 16.5. The van der Waals surface area contributed by atoms with E-state index in [-0.39, 0.29) is 24.8 Å². The predicted octanol–water partition coefficient (Wildman–Crippen LogP) is -2.49. The number of nitrogens with two attached hydrogens (primary N) is 1. The molecule has 1 unspecified atom stereocenters. The Morgan fingerprint density at radius 1 is 1.53 bits per heavy atom. The summed E-state index contributed by atoms with van der Waals surface area (Å²) in [6, 6.07) is 0. The summed E-state index contributed by atoms with van der Waals surface area (Å²) in [7, 11) is 0. The number of rotatable bonds is 2. The van der Waals surface area contributed by atoms with E-state index >= 15 is 0 Å². The molecule has 0 aliphatic carbocycles. The number of anilines is 1. The molecule has 0 bridgehead atoms. The molecular weight excluding hydrogens is 256 g/mol. The van der Waals surface area contributed by atoms with Crippen molar-refractivity contribution in [1.82, 2.24) is 24.1 Å². The number of ether oxygens (including phenoxy) is 1. The average Bonchev–Trinajstić information content (AvgIpc) is 2.92. The van der Waals surface area contributed by atoms with Crippen molar-refractivity contribution in [2.75, 3.05) is 12.3 Å². The number of aliphatic hydroxyl groups is 2. The SMILES string of the molecule is Nc1nc(=O)n2ncn([C@H]3CC(O)[C@@H](CO)O3)c2n1. The summed E-state index contributed by atoms with van der Waals surface area (Å²) in [5.74, 6) is 0.0114. The van der Waals surface area contributed by atoms with Gasteiger partial charge >= 0.3 is 5.69 Å². The van der Waals surface area contributed by atoms with Crippen molar-refractivity contribution in [3.05, 3.63) is 16.8 Å². The summed E-state index contributed by atoms with van der Waals surface area (Å²) < 4.78 is 7.92. The summed E-state index contributed by atoms with van der Waals surface area (Å²) in [5, 5.41) is 22.6. The molecule has 2 aromatic heterocycles. The molecule has 19 heavy (non-hydrogen) atoms. The maximum atomic E-state index is 11.5. The van der Waals surface area contributed by atoms with Gasteiger partial charge in [0.1, 0.15) is 18.7 Å². The topological polar surface area (TPSA) is 141 Å². The van der Waals surface area contributed by atoms with Gasteiger partial charge in [0.2, 0.25) is 11.7 Å². The van der Waals surface area contributed by atoms with Crippen molar-refractivity contribution in [2.24, 2.45) is 0 Å². The highest BCUT2D eigenvalue weighted by molar-refractivity contribution is 5.32. The molecule has 1 aliphatic heterocycles. The van der Waals surface area contributed by atoms with E-state index < -0.39 is 24.1 Å². The third-order valence-electron chi connectivity index (χ3n) is 3.01. The van der Waals surface area contributed by atoms with Gasteiger partial charge in [-0.25, -0.2) is 4.79 Å². The van der Waals surface area contributed by atoms with Crippen LogP contribution in [-0.4, -0.2) is 53.2 Å². The van der Waals surface area contributed by atoms with Gasteiger partial charge in [0.15, 0.2) is 0 Å². The van der Waals surface area contributed by atoms with Crippen LogP contribution in [0.25, 0.3) is 5.78 Å². The van der Waals surface area contributed by atoms with Crippen LogP contribution in [0.5, 0.6) is 0 Å². The zero-order valence-corrected chi connectivity index (χ0v) is 9.75. The quantitative estimate of drug-likeness (QED) is 0.543. The van der Waals surface area contributed by atoms with Gasteiger partial charge in [-0.15, -0.1) is 4.52 Å². The molecule has 1 fully saturated rings. The molecule has 10 nitrogen and oxygen atoms in total. The van der Waals surface area contributed by atoms with Crippen molar-refractivity contribution >= 4 is 11.7 Å². The average molecular weight is 268 g/mol. The van der Waals surface area contributed by atoms with Crippen molar-refractivity contribution < 1.29 is 14.9 Å². The van der Waals surface area contributed by atoms with E-state index in [1.807, 2.05) is 0 Å². The van der Waals surface area contributed by atoms with Crippen LogP contribution < -0.4 is 11.4 Å². The Morgan fingerprint density at radius 2 is 2.32 bits per heavy atom. The first-order valence-corrected chi connectivity index (χ1v) is 5.64. The van der Waals surface area contributed by atoms with Gasteiger partial charge in [0.25, 0.3) is 0 Å². The Bertz CT molecular complexity index is 666. The number of fused-ring (bicyclic) bond motifs is 1. The molecule has 0 radical (unpaired) electrons. The second-order valence-electron chi connectivity index (χ2n) is 4.23. The Kier molecular flexibility index (Phi) is 2.69. The fourth-order valence-corrected chi connectivity index (χ4v) is 2.09. The van der Waals surface area contributed by atoms with Gasteiger partial charge in [-0.1, -0.05) is 0 Å². The summed E-state index contributed by atoms with van der Waals surface area (Å²) in [6.07, 6.45) is -0.419. The Morgan fingerprint density at radius 3 is 3.00 bits per heavy atom. The maximum absolute atomic E-state index is 11.5. The van der Waals surface area contributed by atoms with Crippen molar-refractivity contribution in [2.45, 2.75) is 24.9 Å². The fourth-order valence-electron chi connectivity index (χ4n) is 2.09. The molecule has 102 valence electrons. The van der Waals surface area contributed by atoms with Crippen molar-refractivity contribution in [1.29, 1.82) is 0 Å². The summed E-state index contributed by atoms with van der Waals surface area (Å²) >= 11 is 0. The van der Waals surface area contributed by atoms with E-state index in [2.05, 4.69) is 15.1 Å². The van der Waals surface area contributed by atoms with Gasteiger partial charge < -0.3 is 20.7 Å². The third-order valence-corrected chi connectivity index (χ3v) is 3.01. The van der Waals surface area contributed by atoms with Gasteiger partial charge in [-0.2, -0.15) is 15.1 Å². The van der Waals surface area contributed by atoms with Crippen LogP contribution in [0.15, 0.2) is 11.1 Å². The molecule has 3 atom stereocenters. The van der Waals surface area contributed by atoms with Crippen molar-refractivity contribution in [3.8, 4) is 0 Å². The summed E-state index contributed by atoms with van der Waals surface area (Å²) in [4.78, 5) is 18.9. The minimum atomic E-state index is -0.789. The number of nitrogen functional groups attached to an aromatic ring is 1. The number of hydrogen-bond donors (Lipinski definition) is 3. The first kappa shape index (κ1) is 12.0. The minimum absolute atomic E-state index is 0.163. The molecule has 1 aliphatic rings. The van der Waals surface area contributed by atoms with Crippen LogP contribution >= 0.6 is 0 Å². The van der Waals surface area contributed by atoms with Crippen LogP contribution in [0, 0.1) is 0 Å². The molecule has 1 saturated heterocycles. The molecule has 0 saturated carbocycles. The fraction of sp³-hybridized carbons (Fsp3) is 0.556. The monoisotopic (exact) mass is 268 g/mol. The molecule has 4 N–H and O–H groups in total. The smallest absolute Gasteiger partial charge is 0.374 e. The predicted molar refractivity (Wildman–Crippen MR) is 61.1 cm³/mol. The molecule has 3 heterocycles. The van der Waals surface area contributed by atoms with Crippen molar-refractivity contribution in [3.63, 3.8) is 0 Å². The van der Waals surface area contributed by atoms with Crippen LogP contribution in [-0.2, 0) is 4.74 Å². The lowest BCUT2D eigenvalue weighted by Crippen LogP contribution is -2.24. The number of aliphatic hydroxyl groups excluding tert-OH is 2. The molecule has 0 spiro atoms. The zero-order chi connectivity index (χ0) is 13.6.